The van der Waals surface area contributed by atoms with Crippen molar-refractivity contribution < 1.29 is 9.13 Å². The topological polar surface area (TPSA) is 50.3 Å². The van der Waals surface area contributed by atoms with Crippen LogP contribution in [0.5, 0.6) is 0 Å². The third-order valence-corrected chi connectivity index (χ3v) is 5.25. The Balaban J connectivity index is 1.49. The first-order valence-corrected chi connectivity index (χ1v) is 10.5. The second kappa shape index (κ2) is 9.98. The lowest BCUT2D eigenvalue weighted by Gasteiger charge is -2.26. The molecular formula is C23H24ClFN4O. The van der Waals surface area contributed by atoms with E-state index in [1.807, 2.05) is 30.4 Å². The van der Waals surface area contributed by atoms with Gasteiger partial charge >= 0.3 is 0 Å². The van der Waals surface area contributed by atoms with Crippen LogP contribution in [0.15, 0.2) is 42.5 Å². The monoisotopic (exact) mass is 426 g/mol. The Hall–Kier alpha value is -2.54. The number of ether oxygens (including phenoxy) is 1. The van der Waals surface area contributed by atoms with Gasteiger partial charge in [0, 0.05) is 30.0 Å². The average molecular weight is 427 g/mol. The smallest absolute Gasteiger partial charge is 0.154 e. The van der Waals surface area contributed by atoms with Gasteiger partial charge in [0.05, 0.1) is 18.7 Å². The summed E-state index contributed by atoms with van der Waals surface area (Å²) in [6.45, 7) is 5.46. The Morgan fingerprint density at radius 1 is 1.07 bits per heavy atom. The van der Waals surface area contributed by atoms with Crippen LogP contribution in [0, 0.1) is 5.82 Å². The van der Waals surface area contributed by atoms with Crippen molar-refractivity contribution >= 4 is 40.5 Å². The average Bonchev–Trinajstić information content (AvgIpc) is 2.76. The first kappa shape index (κ1) is 20.7. The van der Waals surface area contributed by atoms with Gasteiger partial charge in [-0.15, -0.1) is 0 Å². The Labute approximate surface area is 180 Å². The fourth-order valence-corrected chi connectivity index (χ4v) is 3.58. The molecule has 0 radical (unpaired) electrons. The Morgan fingerprint density at radius 3 is 2.67 bits per heavy atom. The Kier molecular flexibility index (Phi) is 6.89. The molecule has 0 atom stereocenters. The molecule has 0 unspecified atom stereocenters. The standard InChI is InChI=1S/C23H24ClFN4O/c24-18-5-8-20-21(16-18)27-22(9-4-17-2-6-19(25)7-3-17)28-23(20)26-10-1-11-29-12-14-30-15-13-29/h2-9,16H,1,10-15H2,(H,26,27,28). The highest BCUT2D eigenvalue weighted by Gasteiger charge is 2.10. The van der Waals surface area contributed by atoms with E-state index in [0.29, 0.717) is 10.8 Å². The maximum atomic E-state index is 13.1. The normalized spacial score (nSPS) is 15.1. The van der Waals surface area contributed by atoms with Gasteiger partial charge in [-0.05, 0) is 54.9 Å². The molecule has 30 heavy (non-hydrogen) atoms. The van der Waals surface area contributed by atoms with Crippen molar-refractivity contribution in [3.05, 3.63) is 64.7 Å². The molecule has 1 fully saturated rings. The SMILES string of the molecule is Fc1ccc(C=Cc2nc(NCCCN3CCOCC3)c3ccc(Cl)cc3n2)cc1. The van der Waals surface area contributed by atoms with E-state index >= 15 is 0 Å². The highest BCUT2D eigenvalue weighted by Crippen LogP contribution is 2.24. The zero-order valence-electron chi connectivity index (χ0n) is 16.7. The van der Waals surface area contributed by atoms with Gasteiger partial charge in [0.1, 0.15) is 11.6 Å². The maximum Gasteiger partial charge on any atom is 0.154 e. The molecule has 4 rings (SSSR count). The van der Waals surface area contributed by atoms with Gasteiger partial charge in [0.15, 0.2) is 5.82 Å². The number of nitrogens with zero attached hydrogens (tertiary/aromatic N) is 3. The van der Waals surface area contributed by atoms with Crippen LogP contribution < -0.4 is 5.32 Å². The van der Waals surface area contributed by atoms with Crippen LogP contribution in [0.3, 0.4) is 0 Å². The van der Waals surface area contributed by atoms with Crippen molar-refractivity contribution in [2.75, 3.05) is 44.7 Å². The zero-order valence-corrected chi connectivity index (χ0v) is 17.4. The first-order valence-electron chi connectivity index (χ1n) is 10.1. The van der Waals surface area contributed by atoms with E-state index in [1.54, 1.807) is 12.1 Å². The summed E-state index contributed by atoms with van der Waals surface area (Å²) in [5.74, 6) is 1.11. The minimum atomic E-state index is -0.257. The molecule has 1 N–H and O–H groups in total. The largest absolute Gasteiger partial charge is 0.379 e. The number of hydrogen-bond acceptors (Lipinski definition) is 5. The summed E-state index contributed by atoms with van der Waals surface area (Å²) in [7, 11) is 0. The quantitative estimate of drug-likeness (QED) is 0.553. The fraction of sp³-hybridized carbons (Fsp3) is 0.304. The number of rotatable bonds is 7. The Bertz CT molecular complexity index is 1020. The molecule has 1 aliphatic heterocycles. The third-order valence-electron chi connectivity index (χ3n) is 5.02. The molecule has 156 valence electrons. The van der Waals surface area contributed by atoms with Crippen molar-refractivity contribution in [3.8, 4) is 0 Å². The molecule has 0 bridgehead atoms. The second-order valence-corrected chi connectivity index (χ2v) is 7.65. The third kappa shape index (κ3) is 5.53. The van der Waals surface area contributed by atoms with Gasteiger partial charge in [-0.3, -0.25) is 4.90 Å². The van der Waals surface area contributed by atoms with E-state index in [0.717, 1.165) is 68.1 Å². The molecule has 1 saturated heterocycles. The summed E-state index contributed by atoms with van der Waals surface area (Å²) in [6, 6.07) is 11.9. The summed E-state index contributed by atoms with van der Waals surface area (Å²) in [6.07, 6.45) is 4.71. The van der Waals surface area contributed by atoms with Gasteiger partial charge in [0.25, 0.3) is 0 Å². The second-order valence-electron chi connectivity index (χ2n) is 7.21. The molecule has 2 aromatic carbocycles. The first-order chi connectivity index (χ1) is 14.7. The molecule has 2 heterocycles. The number of halogens is 2. The van der Waals surface area contributed by atoms with Crippen LogP contribution in [0.25, 0.3) is 23.1 Å². The maximum absolute atomic E-state index is 13.1. The van der Waals surface area contributed by atoms with Crippen molar-refractivity contribution in [2.45, 2.75) is 6.42 Å². The molecule has 0 aliphatic carbocycles. The number of hydrogen-bond donors (Lipinski definition) is 1. The lowest BCUT2D eigenvalue weighted by atomic mass is 10.2. The number of anilines is 1. The zero-order chi connectivity index (χ0) is 20.8. The van der Waals surface area contributed by atoms with Crippen LogP contribution in [0.4, 0.5) is 10.2 Å². The number of nitrogens with one attached hydrogen (secondary N) is 1. The van der Waals surface area contributed by atoms with Crippen LogP contribution >= 0.6 is 11.6 Å². The van der Waals surface area contributed by atoms with Crippen LogP contribution in [0.2, 0.25) is 5.02 Å². The summed E-state index contributed by atoms with van der Waals surface area (Å²) >= 11 is 6.17. The minimum Gasteiger partial charge on any atom is -0.379 e. The van der Waals surface area contributed by atoms with Crippen molar-refractivity contribution in [1.82, 2.24) is 14.9 Å². The highest BCUT2D eigenvalue weighted by molar-refractivity contribution is 6.31. The number of aromatic nitrogens is 2. The molecule has 0 saturated carbocycles. The van der Waals surface area contributed by atoms with Gasteiger partial charge in [0.2, 0.25) is 0 Å². The number of fused-ring (bicyclic) bond motifs is 1. The predicted molar refractivity (Wildman–Crippen MR) is 120 cm³/mol. The van der Waals surface area contributed by atoms with E-state index < -0.39 is 0 Å². The van der Waals surface area contributed by atoms with Crippen LogP contribution in [-0.4, -0.2) is 54.3 Å². The summed E-state index contributed by atoms with van der Waals surface area (Å²) < 4.78 is 18.5. The van der Waals surface area contributed by atoms with Gasteiger partial charge < -0.3 is 10.1 Å². The summed E-state index contributed by atoms with van der Waals surface area (Å²) in [4.78, 5) is 11.7. The molecular weight excluding hydrogens is 403 g/mol. The fourth-order valence-electron chi connectivity index (χ4n) is 3.41. The number of morpholine rings is 1. The van der Waals surface area contributed by atoms with Gasteiger partial charge in [-0.1, -0.05) is 29.8 Å². The van der Waals surface area contributed by atoms with Crippen molar-refractivity contribution in [1.29, 1.82) is 0 Å². The highest BCUT2D eigenvalue weighted by atomic mass is 35.5. The van der Waals surface area contributed by atoms with Crippen molar-refractivity contribution in [3.63, 3.8) is 0 Å². The van der Waals surface area contributed by atoms with Crippen LogP contribution in [-0.2, 0) is 4.74 Å². The molecule has 1 aliphatic rings. The molecule has 0 amide bonds. The molecule has 5 nitrogen and oxygen atoms in total. The van der Waals surface area contributed by atoms with Crippen LogP contribution in [0.1, 0.15) is 17.8 Å². The van der Waals surface area contributed by atoms with Gasteiger partial charge in [-0.25, -0.2) is 14.4 Å². The molecule has 7 heteroatoms. The van der Waals surface area contributed by atoms with Gasteiger partial charge in [-0.2, -0.15) is 0 Å². The molecule has 0 spiro atoms. The van der Waals surface area contributed by atoms with Crippen molar-refractivity contribution in [2.24, 2.45) is 0 Å². The van der Waals surface area contributed by atoms with E-state index in [1.165, 1.54) is 12.1 Å². The minimum absolute atomic E-state index is 0.257. The summed E-state index contributed by atoms with van der Waals surface area (Å²) in [5.41, 5.74) is 1.66. The van der Waals surface area contributed by atoms with E-state index in [-0.39, 0.29) is 5.82 Å². The van der Waals surface area contributed by atoms with E-state index in [2.05, 4.69) is 20.2 Å². The molecule has 3 aromatic rings. The predicted octanol–water partition coefficient (Wildman–Crippen LogP) is 4.73. The lowest BCUT2D eigenvalue weighted by molar-refractivity contribution is 0.0378. The molecule has 1 aromatic heterocycles. The number of benzene rings is 2. The van der Waals surface area contributed by atoms with E-state index in [9.17, 15) is 4.39 Å². The Morgan fingerprint density at radius 2 is 1.87 bits per heavy atom. The van der Waals surface area contributed by atoms with E-state index in [4.69, 9.17) is 16.3 Å². The lowest BCUT2D eigenvalue weighted by Crippen LogP contribution is -2.37. The summed E-state index contributed by atoms with van der Waals surface area (Å²) in [5, 5.41) is 5.02.